The summed E-state index contributed by atoms with van der Waals surface area (Å²) >= 11 is 0. The maximum absolute atomic E-state index is 12.6. The molecule has 1 aromatic carbocycles. The van der Waals surface area contributed by atoms with Gasteiger partial charge in [0.25, 0.3) is 5.91 Å². The summed E-state index contributed by atoms with van der Waals surface area (Å²) in [6.07, 6.45) is 3.64. The van der Waals surface area contributed by atoms with Gasteiger partial charge in [-0.3, -0.25) is 9.59 Å². The molecule has 2 aromatic rings. The number of nitrogens with one attached hydrogen (secondary N) is 3. The second-order valence-corrected chi connectivity index (χ2v) is 8.25. The number of amides is 2. The minimum absolute atomic E-state index is 0. The van der Waals surface area contributed by atoms with Crippen molar-refractivity contribution >= 4 is 35.6 Å². The van der Waals surface area contributed by atoms with Crippen molar-refractivity contribution in [1.82, 2.24) is 20.3 Å². The lowest BCUT2D eigenvalue weighted by Crippen LogP contribution is -2.29. The maximum Gasteiger partial charge on any atom is 0.277 e. The van der Waals surface area contributed by atoms with Crippen molar-refractivity contribution in [2.45, 2.75) is 46.6 Å². The Kier molecular flexibility index (Phi) is 7.37. The van der Waals surface area contributed by atoms with Crippen molar-refractivity contribution in [2.75, 3.05) is 23.7 Å². The molecular weight excluding hydrogens is 392 g/mol. The van der Waals surface area contributed by atoms with Gasteiger partial charge in [0.05, 0.1) is 12.2 Å². The van der Waals surface area contributed by atoms with Gasteiger partial charge < -0.3 is 16.0 Å². The zero-order valence-electron chi connectivity index (χ0n) is 17.3. The summed E-state index contributed by atoms with van der Waals surface area (Å²) < 4.78 is 1.78. The Labute approximate surface area is 177 Å². The van der Waals surface area contributed by atoms with E-state index in [-0.39, 0.29) is 36.0 Å². The lowest BCUT2D eigenvalue weighted by molar-refractivity contribution is -0.123. The van der Waals surface area contributed by atoms with Gasteiger partial charge >= 0.3 is 0 Å². The van der Waals surface area contributed by atoms with Crippen molar-refractivity contribution in [3.05, 3.63) is 35.7 Å². The number of carbonyl (C=O) groups is 2. The monoisotopic (exact) mass is 420 g/mol. The molecule has 0 spiro atoms. The Bertz CT molecular complexity index is 868. The molecule has 3 N–H and O–H groups in total. The second-order valence-electron chi connectivity index (χ2n) is 8.25. The highest BCUT2D eigenvalue weighted by Crippen LogP contribution is 2.24. The van der Waals surface area contributed by atoms with Gasteiger partial charge in [0.2, 0.25) is 5.91 Å². The molecule has 1 saturated heterocycles. The van der Waals surface area contributed by atoms with Crippen molar-refractivity contribution in [3.8, 4) is 0 Å². The number of aromatic nitrogens is 3. The molecule has 0 aliphatic carbocycles. The summed E-state index contributed by atoms with van der Waals surface area (Å²) in [5.41, 5.74) is 1.97. The van der Waals surface area contributed by atoms with E-state index in [4.69, 9.17) is 0 Å². The van der Waals surface area contributed by atoms with Gasteiger partial charge in [-0.2, -0.15) is 0 Å². The second kappa shape index (κ2) is 9.37. The molecule has 0 atom stereocenters. The molecular formula is C20H29ClN6O2. The molecule has 1 aliphatic heterocycles. The van der Waals surface area contributed by atoms with Gasteiger partial charge in [-0.25, -0.2) is 4.68 Å². The molecule has 0 unspecified atom stereocenters. The number of hydrogen-bond donors (Lipinski definition) is 3. The van der Waals surface area contributed by atoms with E-state index in [0.717, 1.165) is 31.5 Å². The van der Waals surface area contributed by atoms with Gasteiger partial charge in [0.15, 0.2) is 5.69 Å². The summed E-state index contributed by atoms with van der Waals surface area (Å²) in [6.45, 7) is 9.37. The van der Waals surface area contributed by atoms with E-state index in [1.165, 1.54) is 0 Å². The molecule has 3 rings (SSSR count). The average Bonchev–Trinajstić information content (AvgIpc) is 3.15. The summed E-state index contributed by atoms with van der Waals surface area (Å²) in [7, 11) is 0. The van der Waals surface area contributed by atoms with Crippen molar-refractivity contribution in [1.29, 1.82) is 0 Å². The first-order valence-electron chi connectivity index (χ1n) is 9.60. The quantitative estimate of drug-likeness (QED) is 0.705. The predicted octanol–water partition coefficient (Wildman–Crippen LogP) is 3.17. The fourth-order valence-corrected chi connectivity index (χ4v) is 2.97. The summed E-state index contributed by atoms with van der Waals surface area (Å²) in [5.74, 6) is -0.402. The Hall–Kier alpha value is -2.45. The van der Waals surface area contributed by atoms with Gasteiger partial charge in [0.1, 0.15) is 0 Å². The van der Waals surface area contributed by atoms with Crippen molar-refractivity contribution in [2.24, 2.45) is 5.41 Å². The van der Waals surface area contributed by atoms with E-state index in [2.05, 4.69) is 26.3 Å². The molecule has 9 heteroatoms. The molecule has 8 nitrogen and oxygen atoms in total. The lowest BCUT2D eigenvalue weighted by atomic mass is 9.95. The third-order valence-electron chi connectivity index (χ3n) is 4.85. The van der Waals surface area contributed by atoms with Crippen LogP contribution in [-0.2, 0) is 4.79 Å². The molecule has 1 fully saturated rings. The molecule has 1 aliphatic rings. The van der Waals surface area contributed by atoms with Crippen LogP contribution in [0, 0.1) is 12.3 Å². The van der Waals surface area contributed by atoms with Crippen LogP contribution in [0.15, 0.2) is 24.4 Å². The van der Waals surface area contributed by atoms with E-state index in [1.807, 2.05) is 33.8 Å². The topological polar surface area (TPSA) is 101 Å². The third kappa shape index (κ3) is 5.77. The average molecular weight is 421 g/mol. The Morgan fingerprint density at radius 3 is 2.52 bits per heavy atom. The third-order valence-corrected chi connectivity index (χ3v) is 4.85. The Balaban J connectivity index is 0.00000300. The van der Waals surface area contributed by atoms with Gasteiger partial charge in [-0.05, 0) is 50.6 Å². The van der Waals surface area contributed by atoms with E-state index < -0.39 is 5.41 Å². The zero-order chi connectivity index (χ0) is 20.3. The Morgan fingerprint density at radius 1 is 1.17 bits per heavy atom. The standard InChI is InChI=1S/C20H28N6O2.ClH/c1-13-5-6-14(11-16(13)23-19(28)20(2,3)4)22-18(27)17-12-26(25-24-17)15-7-9-21-10-8-15;/h5-6,11-12,15,21H,7-10H2,1-4H3,(H,22,27)(H,23,28);1H. The van der Waals surface area contributed by atoms with Gasteiger partial charge in [0, 0.05) is 16.8 Å². The van der Waals surface area contributed by atoms with Crippen LogP contribution in [0.5, 0.6) is 0 Å². The van der Waals surface area contributed by atoms with E-state index >= 15 is 0 Å². The number of rotatable bonds is 4. The van der Waals surface area contributed by atoms with Crippen molar-refractivity contribution < 1.29 is 9.59 Å². The van der Waals surface area contributed by atoms with Gasteiger partial charge in [-0.15, -0.1) is 17.5 Å². The highest BCUT2D eigenvalue weighted by atomic mass is 35.5. The molecule has 0 bridgehead atoms. The normalized spacial score (nSPS) is 14.8. The maximum atomic E-state index is 12.6. The molecule has 1 aromatic heterocycles. The molecule has 158 valence electrons. The van der Waals surface area contributed by atoms with Crippen LogP contribution in [0.4, 0.5) is 11.4 Å². The number of aryl methyl sites for hydroxylation is 1. The number of anilines is 2. The first-order valence-corrected chi connectivity index (χ1v) is 9.60. The van der Waals surface area contributed by atoms with Crippen LogP contribution < -0.4 is 16.0 Å². The van der Waals surface area contributed by atoms with Crippen molar-refractivity contribution in [3.63, 3.8) is 0 Å². The first-order chi connectivity index (χ1) is 13.2. The summed E-state index contributed by atoms with van der Waals surface area (Å²) in [6, 6.07) is 5.69. The minimum Gasteiger partial charge on any atom is -0.325 e. The van der Waals surface area contributed by atoms with E-state index in [0.29, 0.717) is 11.4 Å². The van der Waals surface area contributed by atoms with Crippen LogP contribution in [-0.4, -0.2) is 39.9 Å². The Morgan fingerprint density at radius 2 is 1.86 bits per heavy atom. The van der Waals surface area contributed by atoms with E-state index in [9.17, 15) is 9.59 Å². The number of hydrogen-bond acceptors (Lipinski definition) is 5. The predicted molar refractivity (Wildman–Crippen MR) is 116 cm³/mol. The highest BCUT2D eigenvalue weighted by Gasteiger charge is 2.22. The molecule has 0 radical (unpaired) electrons. The molecule has 0 saturated carbocycles. The smallest absolute Gasteiger partial charge is 0.277 e. The number of piperidine rings is 1. The highest BCUT2D eigenvalue weighted by molar-refractivity contribution is 6.03. The number of carbonyl (C=O) groups excluding carboxylic acids is 2. The number of benzene rings is 1. The molecule has 2 heterocycles. The van der Waals surface area contributed by atoms with Crippen LogP contribution in [0.3, 0.4) is 0 Å². The largest absolute Gasteiger partial charge is 0.325 e. The minimum atomic E-state index is -0.501. The van der Waals surface area contributed by atoms with Crippen LogP contribution >= 0.6 is 12.4 Å². The molecule has 2 amide bonds. The van der Waals surface area contributed by atoms with Crippen LogP contribution in [0.2, 0.25) is 0 Å². The van der Waals surface area contributed by atoms with Gasteiger partial charge in [-0.1, -0.05) is 32.1 Å². The molecule has 29 heavy (non-hydrogen) atoms. The van der Waals surface area contributed by atoms with E-state index in [1.54, 1.807) is 23.0 Å². The van der Waals surface area contributed by atoms with Crippen LogP contribution in [0.25, 0.3) is 0 Å². The fraction of sp³-hybridized carbons (Fsp3) is 0.500. The number of nitrogens with zero attached hydrogens (tertiary/aromatic N) is 3. The summed E-state index contributed by atoms with van der Waals surface area (Å²) in [5, 5.41) is 17.2. The van der Waals surface area contributed by atoms with Crippen LogP contribution in [0.1, 0.15) is 55.7 Å². The lowest BCUT2D eigenvalue weighted by Gasteiger charge is -2.22. The zero-order valence-corrected chi connectivity index (χ0v) is 18.1. The summed E-state index contributed by atoms with van der Waals surface area (Å²) in [4.78, 5) is 24.8. The number of halogens is 1. The SMILES string of the molecule is Cc1ccc(NC(=O)c2cn(C3CCNCC3)nn2)cc1NC(=O)C(C)(C)C.Cl. The first kappa shape index (κ1) is 22.8. The fourth-order valence-electron chi connectivity index (χ4n) is 2.97.